The number of aromatic nitrogens is 1. The average Bonchev–Trinajstić information content (AvgIpc) is 2.41. The Kier molecular flexibility index (Phi) is 4.60. The lowest BCUT2D eigenvalue weighted by Crippen LogP contribution is -2.29. The predicted molar refractivity (Wildman–Crippen MR) is 73.2 cm³/mol. The summed E-state index contributed by atoms with van der Waals surface area (Å²) < 4.78 is 7.11. The molecular formula is C14H15ClN2O2. The van der Waals surface area contributed by atoms with Gasteiger partial charge in [0.05, 0.1) is 6.54 Å². The van der Waals surface area contributed by atoms with Crippen molar-refractivity contribution in [2.75, 3.05) is 6.61 Å². The summed E-state index contributed by atoms with van der Waals surface area (Å²) in [6.45, 7) is 0.496. The molecule has 2 N–H and O–H groups in total. The van der Waals surface area contributed by atoms with Gasteiger partial charge in [0.2, 0.25) is 0 Å². The molecule has 0 saturated heterocycles. The van der Waals surface area contributed by atoms with Crippen LogP contribution >= 0.6 is 11.6 Å². The van der Waals surface area contributed by atoms with Gasteiger partial charge in [0.15, 0.2) is 0 Å². The van der Waals surface area contributed by atoms with E-state index in [-0.39, 0.29) is 6.61 Å². The lowest BCUT2D eigenvalue weighted by atomic mass is 10.3. The van der Waals surface area contributed by atoms with E-state index < -0.39 is 6.10 Å². The summed E-state index contributed by atoms with van der Waals surface area (Å²) in [5, 5.41) is 18.2. The number of hydrogen-bond donors (Lipinski definition) is 2. The number of rotatable bonds is 5. The first-order chi connectivity index (χ1) is 9.15. The van der Waals surface area contributed by atoms with Gasteiger partial charge < -0.3 is 14.4 Å². The fourth-order valence-corrected chi connectivity index (χ4v) is 1.76. The second-order valence-corrected chi connectivity index (χ2v) is 4.59. The molecule has 0 aliphatic heterocycles. The smallest absolute Gasteiger partial charge is 0.124 e. The van der Waals surface area contributed by atoms with Crippen LogP contribution in [0.15, 0.2) is 48.7 Å². The van der Waals surface area contributed by atoms with E-state index in [1.807, 2.05) is 6.07 Å². The van der Waals surface area contributed by atoms with Crippen molar-refractivity contribution in [3.8, 4) is 5.75 Å². The van der Waals surface area contributed by atoms with E-state index in [4.69, 9.17) is 21.7 Å². The van der Waals surface area contributed by atoms with Crippen LogP contribution in [0, 0.1) is 5.41 Å². The average molecular weight is 279 g/mol. The Morgan fingerprint density at radius 2 is 1.95 bits per heavy atom. The summed E-state index contributed by atoms with van der Waals surface area (Å²) in [5.74, 6) is 0.660. The second kappa shape index (κ2) is 6.41. The number of aliphatic hydroxyl groups is 1. The van der Waals surface area contributed by atoms with Crippen LogP contribution in [-0.2, 0) is 6.54 Å². The van der Waals surface area contributed by atoms with Crippen LogP contribution in [0.5, 0.6) is 5.75 Å². The minimum absolute atomic E-state index is 0.170. The van der Waals surface area contributed by atoms with Crippen molar-refractivity contribution in [3.63, 3.8) is 0 Å². The normalized spacial score (nSPS) is 12.1. The lowest BCUT2D eigenvalue weighted by Gasteiger charge is -2.14. The summed E-state index contributed by atoms with van der Waals surface area (Å²) in [7, 11) is 0. The number of pyridine rings is 1. The molecule has 19 heavy (non-hydrogen) atoms. The van der Waals surface area contributed by atoms with E-state index in [0.29, 0.717) is 22.8 Å². The van der Waals surface area contributed by atoms with E-state index in [1.54, 1.807) is 47.2 Å². The highest BCUT2D eigenvalue weighted by atomic mass is 35.5. The molecule has 0 radical (unpaired) electrons. The van der Waals surface area contributed by atoms with Crippen molar-refractivity contribution in [2.24, 2.45) is 0 Å². The Morgan fingerprint density at radius 1 is 1.21 bits per heavy atom. The van der Waals surface area contributed by atoms with Crippen molar-refractivity contribution >= 4 is 11.6 Å². The minimum Gasteiger partial charge on any atom is -0.491 e. The zero-order valence-corrected chi connectivity index (χ0v) is 11.0. The molecule has 0 spiro atoms. The Bertz CT molecular complexity index is 580. The maximum atomic E-state index is 9.89. The molecule has 0 aliphatic rings. The fraction of sp³-hybridized carbons (Fsp3) is 0.214. The molecule has 2 aromatic rings. The van der Waals surface area contributed by atoms with Crippen molar-refractivity contribution in [3.05, 3.63) is 59.2 Å². The number of aliphatic hydroxyl groups excluding tert-OH is 1. The molecule has 1 aromatic carbocycles. The van der Waals surface area contributed by atoms with Gasteiger partial charge in [0.1, 0.15) is 23.9 Å². The van der Waals surface area contributed by atoms with Crippen LogP contribution in [0.1, 0.15) is 0 Å². The molecule has 1 aromatic heterocycles. The van der Waals surface area contributed by atoms with Gasteiger partial charge in [-0.2, -0.15) is 0 Å². The highest BCUT2D eigenvalue weighted by molar-refractivity contribution is 6.30. The third-order valence-electron chi connectivity index (χ3n) is 2.60. The first-order valence-electron chi connectivity index (χ1n) is 5.91. The Hall–Kier alpha value is -1.78. The topological polar surface area (TPSA) is 58.2 Å². The minimum atomic E-state index is -0.674. The van der Waals surface area contributed by atoms with Gasteiger partial charge in [-0.1, -0.05) is 17.7 Å². The first-order valence-corrected chi connectivity index (χ1v) is 6.29. The third-order valence-corrected chi connectivity index (χ3v) is 2.86. The van der Waals surface area contributed by atoms with Crippen molar-refractivity contribution in [1.82, 2.24) is 4.57 Å². The number of hydrogen-bond acceptors (Lipinski definition) is 3. The largest absolute Gasteiger partial charge is 0.491 e. The molecule has 0 aliphatic carbocycles. The molecule has 0 fully saturated rings. The van der Waals surface area contributed by atoms with Gasteiger partial charge >= 0.3 is 0 Å². The molecular weight excluding hydrogens is 264 g/mol. The number of nitrogens with zero attached hydrogens (tertiary/aromatic N) is 1. The summed E-state index contributed by atoms with van der Waals surface area (Å²) in [5.41, 5.74) is 0.355. The van der Waals surface area contributed by atoms with Crippen molar-refractivity contribution < 1.29 is 9.84 Å². The summed E-state index contributed by atoms with van der Waals surface area (Å²) in [6.07, 6.45) is 1.08. The molecule has 5 heteroatoms. The van der Waals surface area contributed by atoms with Gasteiger partial charge in [-0.15, -0.1) is 0 Å². The van der Waals surface area contributed by atoms with Crippen LogP contribution in [0.4, 0.5) is 0 Å². The number of halogens is 1. The molecule has 0 bridgehead atoms. The van der Waals surface area contributed by atoms with Crippen molar-refractivity contribution in [2.45, 2.75) is 12.6 Å². The second-order valence-electron chi connectivity index (χ2n) is 4.16. The first kappa shape index (κ1) is 13.6. The van der Waals surface area contributed by atoms with Crippen LogP contribution in [-0.4, -0.2) is 22.4 Å². The third kappa shape index (κ3) is 4.12. The molecule has 100 valence electrons. The molecule has 0 amide bonds. The summed E-state index contributed by atoms with van der Waals surface area (Å²) >= 11 is 5.77. The molecule has 1 unspecified atom stereocenters. The van der Waals surface area contributed by atoms with E-state index in [2.05, 4.69) is 0 Å². The van der Waals surface area contributed by atoms with E-state index in [1.165, 1.54) is 0 Å². The van der Waals surface area contributed by atoms with Crippen LogP contribution in [0.2, 0.25) is 5.02 Å². The van der Waals surface area contributed by atoms with Crippen LogP contribution in [0.3, 0.4) is 0 Å². The zero-order valence-electron chi connectivity index (χ0n) is 10.3. The fourth-order valence-electron chi connectivity index (χ4n) is 1.64. The van der Waals surface area contributed by atoms with Gasteiger partial charge in [-0.25, -0.2) is 0 Å². The predicted octanol–water partition coefficient (Wildman–Crippen LogP) is 2.06. The molecule has 2 rings (SSSR count). The van der Waals surface area contributed by atoms with Gasteiger partial charge in [-0.3, -0.25) is 5.41 Å². The standard InChI is InChI=1S/C14H15ClN2O2/c15-11-4-6-13(7-5-11)19-10-12(18)9-17-8-2-1-3-14(17)16/h1-8,12,16,18H,9-10H2. The molecule has 1 heterocycles. The Balaban J connectivity index is 1.88. The quantitative estimate of drug-likeness (QED) is 0.879. The summed E-state index contributed by atoms with van der Waals surface area (Å²) in [4.78, 5) is 0. The highest BCUT2D eigenvalue weighted by Crippen LogP contribution is 2.15. The molecule has 0 saturated carbocycles. The van der Waals surface area contributed by atoms with Crippen molar-refractivity contribution in [1.29, 1.82) is 5.41 Å². The Labute approximate surface area is 116 Å². The Morgan fingerprint density at radius 3 is 2.63 bits per heavy atom. The van der Waals surface area contributed by atoms with E-state index in [0.717, 1.165) is 0 Å². The van der Waals surface area contributed by atoms with E-state index >= 15 is 0 Å². The number of ether oxygens (including phenoxy) is 1. The zero-order chi connectivity index (χ0) is 13.7. The van der Waals surface area contributed by atoms with Crippen LogP contribution in [0.25, 0.3) is 0 Å². The monoisotopic (exact) mass is 278 g/mol. The highest BCUT2D eigenvalue weighted by Gasteiger charge is 2.06. The number of nitrogens with one attached hydrogen (secondary N) is 1. The maximum absolute atomic E-state index is 9.89. The maximum Gasteiger partial charge on any atom is 0.124 e. The molecule has 4 nitrogen and oxygen atoms in total. The van der Waals surface area contributed by atoms with Gasteiger partial charge in [-0.05, 0) is 36.4 Å². The van der Waals surface area contributed by atoms with Gasteiger partial charge in [0.25, 0.3) is 0 Å². The lowest BCUT2D eigenvalue weighted by molar-refractivity contribution is 0.0913. The number of benzene rings is 1. The van der Waals surface area contributed by atoms with E-state index in [9.17, 15) is 5.11 Å². The summed E-state index contributed by atoms with van der Waals surface area (Å²) in [6, 6.07) is 12.3. The van der Waals surface area contributed by atoms with Gasteiger partial charge in [0, 0.05) is 11.2 Å². The molecule has 1 atom stereocenters. The van der Waals surface area contributed by atoms with Crippen LogP contribution < -0.4 is 10.2 Å². The SMILES string of the molecule is N=c1ccccn1CC(O)COc1ccc(Cl)cc1.